The van der Waals surface area contributed by atoms with E-state index in [-0.39, 0.29) is 5.91 Å². The van der Waals surface area contributed by atoms with Crippen LogP contribution in [0.4, 0.5) is 5.69 Å². The number of carboxylic acid groups (broad SMARTS) is 1. The molecule has 2 atom stereocenters. The molecule has 23 heavy (non-hydrogen) atoms. The monoisotopic (exact) mass is 315 g/mol. The number of aliphatic carboxylic acids is 1. The van der Waals surface area contributed by atoms with E-state index in [2.05, 4.69) is 15.5 Å². The van der Waals surface area contributed by atoms with Crippen molar-refractivity contribution in [3.63, 3.8) is 0 Å². The van der Waals surface area contributed by atoms with Gasteiger partial charge < -0.3 is 14.8 Å². The number of aromatic nitrogens is 2. The standard InChI is InChI=1S/C16H17N3O4/c1-8-18-19-14(23-8)9-4-6-10(7-5-9)17-13(20)11-12(15(21)22)16(11,2)3/h4-7,11-12H,1-3H3,(H,17,20)(H,21,22)/t11-,12+/m1/s1. The Hall–Kier alpha value is -2.70. The first-order valence-corrected chi connectivity index (χ1v) is 7.25. The second-order valence-corrected chi connectivity index (χ2v) is 6.31. The summed E-state index contributed by atoms with van der Waals surface area (Å²) in [5, 5.41) is 19.6. The molecule has 1 amide bonds. The normalized spacial score (nSPS) is 21.7. The molecule has 0 aliphatic heterocycles. The largest absolute Gasteiger partial charge is 0.481 e. The van der Waals surface area contributed by atoms with Gasteiger partial charge in [-0.05, 0) is 29.7 Å². The Balaban J connectivity index is 1.69. The predicted octanol–water partition coefficient (Wildman–Crippen LogP) is 2.34. The molecular formula is C16H17N3O4. The number of hydrogen-bond acceptors (Lipinski definition) is 5. The highest BCUT2D eigenvalue weighted by atomic mass is 16.4. The van der Waals surface area contributed by atoms with E-state index in [1.807, 2.05) is 0 Å². The van der Waals surface area contributed by atoms with Gasteiger partial charge in [-0.2, -0.15) is 0 Å². The van der Waals surface area contributed by atoms with Crippen LogP contribution in [0.5, 0.6) is 0 Å². The highest BCUT2D eigenvalue weighted by Crippen LogP contribution is 2.58. The first kappa shape index (κ1) is 15.2. The molecule has 1 aromatic carbocycles. The quantitative estimate of drug-likeness (QED) is 0.897. The highest BCUT2D eigenvalue weighted by molar-refractivity contribution is 5.99. The molecule has 0 spiro atoms. The number of anilines is 1. The molecule has 0 saturated heterocycles. The molecule has 1 aliphatic carbocycles. The zero-order valence-electron chi connectivity index (χ0n) is 13.0. The minimum Gasteiger partial charge on any atom is -0.481 e. The van der Waals surface area contributed by atoms with E-state index in [0.29, 0.717) is 17.5 Å². The molecule has 0 unspecified atom stereocenters. The number of carbonyl (C=O) groups is 2. The smallest absolute Gasteiger partial charge is 0.307 e. The van der Waals surface area contributed by atoms with Crippen LogP contribution in [0.2, 0.25) is 0 Å². The van der Waals surface area contributed by atoms with Gasteiger partial charge in [0, 0.05) is 18.2 Å². The lowest BCUT2D eigenvalue weighted by Crippen LogP contribution is -2.17. The number of benzene rings is 1. The molecule has 7 nitrogen and oxygen atoms in total. The zero-order valence-corrected chi connectivity index (χ0v) is 13.0. The summed E-state index contributed by atoms with van der Waals surface area (Å²) in [5.41, 5.74) is 0.831. The van der Waals surface area contributed by atoms with E-state index in [0.717, 1.165) is 5.56 Å². The SMILES string of the molecule is Cc1nnc(-c2ccc(NC(=O)[C@H]3[C@@H](C(=O)O)C3(C)C)cc2)o1. The fourth-order valence-electron chi connectivity index (χ4n) is 2.92. The van der Waals surface area contributed by atoms with Gasteiger partial charge in [0.05, 0.1) is 11.8 Å². The molecule has 2 aromatic rings. The third-order valence-corrected chi connectivity index (χ3v) is 4.30. The summed E-state index contributed by atoms with van der Waals surface area (Å²) in [6, 6.07) is 6.96. The summed E-state index contributed by atoms with van der Waals surface area (Å²) in [6.45, 7) is 5.29. The lowest BCUT2D eigenvalue weighted by atomic mass is 10.1. The lowest BCUT2D eigenvalue weighted by Gasteiger charge is -2.06. The van der Waals surface area contributed by atoms with Crippen LogP contribution >= 0.6 is 0 Å². The molecule has 0 bridgehead atoms. The summed E-state index contributed by atoms with van der Waals surface area (Å²) in [6.07, 6.45) is 0. The molecular weight excluding hydrogens is 298 g/mol. The van der Waals surface area contributed by atoms with Gasteiger partial charge in [0.1, 0.15) is 0 Å². The lowest BCUT2D eigenvalue weighted by molar-refractivity contribution is -0.140. The van der Waals surface area contributed by atoms with Gasteiger partial charge in [-0.15, -0.1) is 10.2 Å². The molecule has 3 rings (SSSR count). The number of nitrogens with one attached hydrogen (secondary N) is 1. The molecule has 1 aliphatic rings. The third-order valence-electron chi connectivity index (χ3n) is 4.30. The van der Waals surface area contributed by atoms with Crippen LogP contribution in [0.15, 0.2) is 28.7 Å². The second kappa shape index (κ2) is 5.19. The summed E-state index contributed by atoms with van der Waals surface area (Å²) in [5.74, 6) is -1.47. The maximum Gasteiger partial charge on any atom is 0.307 e. The average Bonchev–Trinajstić information content (AvgIpc) is 2.83. The van der Waals surface area contributed by atoms with Crippen LogP contribution in [-0.4, -0.2) is 27.2 Å². The number of amides is 1. The van der Waals surface area contributed by atoms with Crippen molar-refractivity contribution < 1.29 is 19.1 Å². The van der Waals surface area contributed by atoms with E-state index in [1.165, 1.54) is 0 Å². The fraction of sp³-hybridized carbons (Fsp3) is 0.375. The zero-order chi connectivity index (χ0) is 16.8. The minimum absolute atomic E-state index is 0.274. The summed E-state index contributed by atoms with van der Waals surface area (Å²) >= 11 is 0. The Labute approximate surface area is 132 Å². The van der Waals surface area contributed by atoms with Crippen LogP contribution in [0.3, 0.4) is 0 Å². The third kappa shape index (κ3) is 2.69. The molecule has 0 radical (unpaired) electrons. The summed E-state index contributed by atoms with van der Waals surface area (Å²) in [4.78, 5) is 23.4. The van der Waals surface area contributed by atoms with Gasteiger partial charge in [-0.3, -0.25) is 9.59 Å². The van der Waals surface area contributed by atoms with E-state index in [9.17, 15) is 9.59 Å². The van der Waals surface area contributed by atoms with Crippen LogP contribution < -0.4 is 5.32 Å². The van der Waals surface area contributed by atoms with Crippen LogP contribution in [0, 0.1) is 24.2 Å². The molecule has 2 N–H and O–H groups in total. The van der Waals surface area contributed by atoms with E-state index in [4.69, 9.17) is 9.52 Å². The summed E-state index contributed by atoms with van der Waals surface area (Å²) in [7, 11) is 0. The van der Waals surface area contributed by atoms with E-state index >= 15 is 0 Å². The van der Waals surface area contributed by atoms with Crippen molar-refractivity contribution in [2.45, 2.75) is 20.8 Å². The van der Waals surface area contributed by atoms with Gasteiger partial charge in [0.25, 0.3) is 0 Å². The fourth-order valence-corrected chi connectivity index (χ4v) is 2.92. The van der Waals surface area contributed by atoms with Crippen molar-refractivity contribution in [3.8, 4) is 11.5 Å². The molecule has 1 aromatic heterocycles. The maximum atomic E-state index is 12.2. The molecule has 1 saturated carbocycles. The number of rotatable bonds is 4. The first-order valence-electron chi connectivity index (χ1n) is 7.25. The molecule has 120 valence electrons. The highest BCUT2D eigenvalue weighted by Gasteiger charge is 2.65. The average molecular weight is 315 g/mol. The number of carbonyl (C=O) groups excluding carboxylic acids is 1. The van der Waals surface area contributed by atoms with Crippen molar-refractivity contribution in [2.24, 2.45) is 17.3 Å². The Morgan fingerprint density at radius 1 is 1.17 bits per heavy atom. The predicted molar refractivity (Wildman–Crippen MR) is 81.5 cm³/mol. The maximum absolute atomic E-state index is 12.2. The topological polar surface area (TPSA) is 105 Å². The van der Waals surface area contributed by atoms with Gasteiger partial charge in [-0.25, -0.2) is 0 Å². The van der Waals surface area contributed by atoms with Gasteiger partial charge >= 0.3 is 5.97 Å². The van der Waals surface area contributed by atoms with Gasteiger partial charge in [0.2, 0.25) is 17.7 Å². The minimum atomic E-state index is -0.933. The number of nitrogens with zero attached hydrogens (tertiary/aromatic N) is 2. The Morgan fingerprint density at radius 2 is 1.83 bits per heavy atom. The molecule has 7 heteroatoms. The van der Waals surface area contributed by atoms with E-state index < -0.39 is 23.2 Å². The first-order chi connectivity index (χ1) is 10.8. The van der Waals surface area contributed by atoms with Crippen molar-refractivity contribution >= 4 is 17.6 Å². The van der Waals surface area contributed by atoms with Gasteiger partial charge in [-0.1, -0.05) is 13.8 Å². The number of hydrogen-bond donors (Lipinski definition) is 2. The summed E-state index contributed by atoms with van der Waals surface area (Å²) < 4.78 is 5.33. The van der Waals surface area contributed by atoms with Gasteiger partial charge in [0.15, 0.2) is 0 Å². The van der Waals surface area contributed by atoms with Crippen molar-refractivity contribution in [2.75, 3.05) is 5.32 Å². The van der Waals surface area contributed by atoms with Crippen LogP contribution in [0.1, 0.15) is 19.7 Å². The van der Waals surface area contributed by atoms with Crippen molar-refractivity contribution in [3.05, 3.63) is 30.2 Å². The number of aryl methyl sites for hydroxylation is 1. The second-order valence-electron chi connectivity index (χ2n) is 6.31. The Bertz CT molecular complexity index is 764. The van der Waals surface area contributed by atoms with Crippen molar-refractivity contribution in [1.82, 2.24) is 10.2 Å². The number of carboxylic acids is 1. The van der Waals surface area contributed by atoms with Crippen LogP contribution in [-0.2, 0) is 9.59 Å². The Morgan fingerprint density at radius 3 is 2.30 bits per heavy atom. The molecule has 1 fully saturated rings. The van der Waals surface area contributed by atoms with Crippen LogP contribution in [0.25, 0.3) is 11.5 Å². The molecule has 1 heterocycles. The Kier molecular flexibility index (Phi) is 3.43. The van der Waals surface area contributed by atoms with E-state index in [1.54, 1.807) is 45.0 Å². The van der Waals surface area contributed by atoms with Crippen molar-refractivity contribution in [1.29, 1.82) is 0 Å².